The fourth-order valence-corrected chi connectivity index (χ4v) is 6.97. The SMILES string of the molecule is O=C(O)CCc1ccccc1CC1C2CCC(O2)C1Cc1nc(C(=O)NCCCCC2CCCCC2)co1. The van der Waals surface area contributed by atoms with Crippen LogP contribution in [0.5, 0.6) is 0 Å². The van der Waals surface area contributed by atoms with Gasteiger partial charge in [0.15, 0.2) is 11.6 Å². The summed E-state index contributed by atoms with van der Waals surface area (Å²) in [5.74, 6) is 1.14. The van der Waals surface area contributed by atoms with Crippen molar-refractivity contribution >= 4 is 11.9 Å². The maximum Gasteiger partial charge on any atom is 0.303 e. The summed E-state index contributed by atoms with van der Waals surface area (Å²) < 4.78 is 12.1. The van der Waals surface area contributed by atoms with Gasteiger partial charge in [0, 0.05) is 19.4 Å². The summed E-state index contributed by atoms with van der Waals surface area (Å²) in [7, 11) is 0. The molecule has 206 valence electrons. The quantitative estimate of drug-likeness (QED) is 0.325. The Morgan fingerprint density at radius 2 is 1.68 bits per heavy atom. The van der Waals surface area contributed by atoms with E-state index in [1.54, 1.807) is 0 Å². The number of aliphatic carboxylic acids is 1. The van der Waals surface area contributed by atoms with E-state index in [0.29, 0.717) is 36.9 Å². The molecule has 4 atom stereocenters. The molecule has 3 aliphatic rings. The molecule has 2 N–H and O–H groups in total. The average Bonchev–Trinajstić information content (AvgIpc) is 3.67. The summed E-state index contributed by atoms with van der Waals surface area (Å²) in [6.07, 6.45) is 16.5. The molecule has 2 saturated heterocycles. The third kappa shape index (κ3) is 6.85. The van der Waals surface area contributed by atoms with Crippen LogP contribution in [0.2, 0.25) is 0 Å². The number of fused-ring (bicyclic) bond motifs is 2. The van der Waals surface area contributed by atoms with Crippen molar-refractivity contribution < 1.29 is 23.8 Å². The van der Waals surface area contributed by atoms with Gasteiger partial charge in [0.1, 0.15) is 6.26 Å². The Bertz CT molecular complexity index is 1080. The number of carboxylic acids is 1. The normalized spacial score (nSPS) is 25.1. The van der Waals surface area contributed by atoms with Crippen molar-refractivity contribution in [2.75, 3.05) is 6.54 Å². The number of nitrogens with one attached hydrogen (secondary N) is 1. The van der Waals surface area contributed by atoms with E-state index in [9.17, 15) is 9.59 Å². The Hall–Kier alpha value is -2.67. The van der Waals surface area contributed by atoms with Crippen LogP contribution in [0.15, 0.2) is 34.9 Å². The number of ether oxygens (including phenoxy) is 1. The van der Waals surface area contributed by atoms with Crippen LogP contribution in [0.25, 0.3) is 0 Å². The molecule has 1 saturated carbocycles. The fourth-order valence-electron chi connectivity index (χ4n) is 6.97. The van der Waals surface area contributed by atoms with Crippen molar-refractivity contribution in [2.45, 2.75) is 102 Å². The topological polar surface area (TPSA) is 102 Å². The van der Waals surface area contributed by atoms with Gasteiger partial charge in [0.2, 0.25) is 0 Å². The zero-order chi connectivity index (χ0) is 26.3. The number of carbonyl (C=O) groups is 2. The minimum atomic E-state index is -0.774. The predicted octanol–water partition coefficient (Wildman–Crippen LogP) is 5.75. The number of hydrogen-bond acceptors (Lipinski definition) is 5. The average molecular weight is 523 g/mol. The molecular formula is C31H42N2O5. The van der Waals surface area contributed by atoms with E-state index in [1.165, 1.54) is 56.8 Å². The highest BCUT2D eigenvalue weighted by molar-refractivity contribution is 5.91. The smallest absolute Gasteiger partial charge is 0.303 e. The maximum atomic E-state index is 12.6. The van der Waals surface area contributed by atoms with E-state index < -0.39 is 5.97 Å². The van der Waals surface area contributed by atoms with Gasteiger partial charge >= 0.3 is 5.97 Å². The molecule has 1 aliphatic carbocycles. The zero-order valence-corrected chi connectivity index (χ0v) is 22.4. The molecule has 0 radical (unpaired) electrons. The minimum Gasteiger partial charge on any atom is -0.481 e. The highest BCUT2D eigenvalue weighted by atomic mass is 16.5. The largest absolute Gasteiger partial charge is 0.481 e. The first-order valence-electron chi connectivity index (χ1n) is 14.7. The summed E-state index contributed by atoms with van der Waals surface area (Å²) in [6.45, 7) is 0.678. The van der Waals surface area contributed by atoms with Crippen LogP contribution in [0.4, 0.5) is 0 Å². The van der Waals surface area contributed by atoms with Crippen molar-refractivity contribution in [1.29, 1.82) is 0 Å². The number of carbonyl (C=O) groups excluding carboxylic acids is 1. The van der Waals surface area contributed by atoms with E-state index in [1.807, 2.05) is 18.2 Å². The molecule has 5 rings (SSSR count). The predicted molar refractivity (Wildman–Crippen MR) is 144 cm³/mol. The lowest BCUT2D eigenvalue weighted by Gasteiger charge is -2.28. The summed E-state index contributed by atoms with van der Waals surface area (Å²) in [6, 6.07) is 8.16. The van der Waals surface area contributed by atoms with Gasteiger partial charge in [-0.1, -0.05) is 69.2 Å². The third-order valence-corrected chi connectivity index (χ3v) is 9.02. The van der Waals surface area contributed by atoms with E-state index in [4.69, 9.17) is 14.3 Å². The molecule has 2 aliphatic heterocycles. The van der Waals surface area contributed by atoms with Gasteiger partial charge in [-0.2, -0.15) is 0 Å². The second-order valence-electron chi connectivity index (χ2n) is 11.6. The number of benzene rings is 1. The standard InChI is InChI=1S/C31H42N2O5/c34-30(35)16-13-22-11-4-5-12-23(22)18-24-25(28-15-14-27(24)38-28)19-29-33-26(20-37-29)31(36)32-17-7-6-10-21-8-2-1-3-9-21/h4-5,11-12,20-21,24-25,27-28H,1-3,6-10,13-19H2,(H,32,36)(H,34,35). The van der Waals surface area contributed by atoms with E-state index in [0.717, 1.165) is 37.2 Å². The highest BCUT2D eigenvalue weighted by Gasteiger charge is 2.49. The van der Waals surface area contributed by atoms with Crippen molar-refractivity contribution in [1.82, 2.24) is 10.3 Å². The monoisotopic (exact) mass is 522 g/mol. The van der Waals surface area contributed by atoms with Crippen LogP contribution < -0.4 is 5.32 Å². The molecule has 7 nitrogen and oxygen atoms in total. The Kier molecular flexibility index (Phi) is 9.15. The van der Waals surface area contributed by atoms with Crippen LogP contribution >= 0.6 is 0 Å². The lowest BCUT2D eigenvalue weighted by atomic mass is 9.74. The molecule has 3 heterocycles. The van der Waals surface area contributed by atoms with Gasteiger partial charge in [-0.15, -0.1) is 0 Å². The second-order valence-corrected chi connectivity index (χ2v) is 11.6. The number of amides is 1. The number of rotatable bonds is 13. The molecule has 2 bridgehead atoms. The second kappa shape index (κ2) is 12.9. The van der Waals surface area contributed by atoms with Crippen molar-refractivity contribution in [3.63, 3.8) is 0 Å². The van der Waals surface area contributed by atoms with E-state index in [-0.39, 0.29) is 30.5 Å². The van der Waals surface area contributed by atoms with Crippen LogP contribution in [0.3, 0.4) is 0 Å². The Morgan fingerprint density at radius 1 is 0.947 bits per heavy atom. The van der Waals surface area contributed by atoms with Crippen LogP contribution in [0, 0.1) is 17.8 Å². The Morgan fingerprint density at radius 3 is 2.45 bits per heavy atom. The number of aromatic nitrogens is 1. The molecule has 1 aromatic carbocycles. The van der Waals surface area contributed by atoms with Gasteiger partial charge in [0.05, 0.1) is 12.2 Å². The molecule has 1 amide bonds. The van der Waals surface area contributed by atoms with Crippen LogP contribution in [-0.4, -0.2) is 40.7 Å². The summed E-state index contributed by atoms with van der Waals surface area (Å²) in [4.78, 5) is 28.3. The van der Waals surface area contributed by atoms with Gasteiger partial charge in [-0.05, 0) is 61.0 Å². The Balaban J connectivity index is 1.13. The summed E-state index contributed by atoms with van der Waals surface area (Å²) in [5.41, 5.74) is 2.66. The van der Waals surface area contributed by atoms with Crippen molar-refractivity contribution in [2.24, 2.45) is 17.8 Å². The first kappa shape index (κ1) is 26.9. The zero-order valence-electron chi connectivity index (χ0n) is 22.4. The summed E-state index contributed by atoms with van der Waals surface area (Å²) in [5, 5.41) is 12.1. The minimum absolute atomic E-state index is 0.134. The molecule has 7 heteroatoms. The number of hydrogen-bond donors (Lipinski definition) is 2. The van der Waals surface area contributed by atoms with Gasteiger partial charge in [0.25, 0.3) is 5.91 Å². The number of nitrogens with zero attached hydrogens (tertiary/aromatic N) is 1. The molecular weight excluding hydrogens is 480 g/mol. The lowest BCUT2D eigenvalue weighted by Crippen LogP contribution is -2.31. The van der Waals surface area contributed by atoms with E-state index in [2.05, 4.69) is 16.4 Å². The number of unbranched alkanes of at least 4 members (excludes halogenated alkanes) is 1. The molecule has 2 aromatic rings. The van der Waals surface area contributed by atoms with Crippen molar-refractivity contribution in [3.05, 3.63) is 53.2 Å². The fraction of sp³-hybridized carbons (Fsp3) is 0.645. The van der Waals surface area contributed by atoms with Gasteiger partial charge in [-0.25, -0.2) is 4.98 Å². The summed E-state index contributed by atoms with van der Waals surface area (Å²) >= 11 is 0. The molecule has 3 fully saturated rings. The van der Waals surface area contributed by atoms with Crippen molar-refractivity contribution in [3.8, 4) is 0 Å². The highest BCUT2D eigenvalue weighted by Crippen LogP contribution is 2.46. The Labute approximate surface area is 225 Å². The van der Waals surface area contributed by atoms with Crippen LogP contribution in [0.1, 0.15) is 98.1 Å². The van der Waals surface area contributed by atoms with Gasteiger partial charge < -0.3 is 19.6 Å². The van der Waals surface area contributed by atoms with E-state index >= 15 is 0 Å². The van der Waals surface area contributed by atoms with Crippen LogP contribution in [-0.2, 0) is 28.8 Å². The first-order chi connectivity index (χ1) is 18.6. The number of carboxylic acid groups (broad SMARTS) is 1. The molecule has 38 heavy (non-hydrogen) atoms. The molecule has 0 spiro atoms. The first-order valence-corrected chi connectivity index (χ1v) is 14.7. The third-order valence-electron chi connectivity index (χ3n) is 9.02. The van der Waals surface area contributed by atoms with Gasteiger partial charge in [-0.3, -0.25) is 9.59 Å². The number of oxazole rings is 1. The maximum absolute atomic E-state index is 12.6. The number of aryl methyl sites for hydroxylation is 1. The molecule has 1 aromatic heterocycles. The lowest BCUT2D eigenvalue weighted by molar-refractivity contribution is -0.136. The molecule has 4 unspecified atom stereocenters.